The Morgan fingerprint density at radius 1 is 1.56 bits per heavy atom. The zero-order chi connectivity index (χ0) is 13.1. The summed E-state index contributed by atoms with van der Waals surface area (Å²) in [5.41, 5.74) is 0.263. The number of nitrogens with zero attached hydrogens (tertiary/aromatic N) is 1. The summed E-state index contributed by atoms with van der Waals surface area (Å²) >= 11 is 7.31. The quantitative estimate of drug-likeness (QED) is 0.940. The minimum absolute atomic E-state index is 0.105. The number of carbonyl (C=O) groups excluding carboxylic acids is 1. The van der Waals surface area contributed by atoms with Gasteiger partial charge in [0, 0.05) is 11.1 Å². The molecule has 2 aromatic rings. The Hall–Kier alpha value is -1.46. The molecule has 0 aliphatic heterocycles. The third-order valence-electron chi connectivity index (χ3n) is 2.27. The number of rotatable bonds is 3. The summed E-state index contributed by atoms with van der Waals surface area (Å²) in [7, 11) is 0. The summed E-state index contributed by atoms with van der Waals surface area (Å²) in [6, 6.07) is 3.69. The van der Waals surface area contributed by atoms with Crippen molar-refractivity contribution in [1.82, 2.24) is 10.3 Å². The van der Waals surface area contributed by atoms with Crippen molar-refractivity contribution in [3.8, 4) is 0 Å². The van der Waals surface area contributed by atoms with Gasteiger partial charge in [-0.2, -0.15) is 0 Å². The van der Waals surface area contributed by atoms with Crippen LogP contribution in [0.5, 0.6) is 0 Å². The molecule has 0 spiro atoms. The Kier molecular flexibility index (Phi) is 3.93. The molecule has 0 aliphatic rings. The second-order valence-corrected chi connectivity index (χ2v) is 5.38. The highest BCUT2D eigenvalue weighted by Crippen LogP contribution is 2.17. The largest absolute Gasteiger partial charge is 0.347 e. The molecule has 94 valence electrons. The van der Waals surface area contributed by atoms with Gasteiger partial charge in [0.2, 0.25) is 0 Å². The summed E-state index contributed by atoms with van der Waals surface area (Å²) in [4.78, 5) is 16.9. The minimum atomic E-state index is -0.463. The zero-order valence-corrected chi connectivity index (χ0v) is 11.1. The van der Waals surface area contributed by atoms with Crippen LogP contribution in [0.4, 0.5) is 4.39 Å². The van der Waals surface area contributed by atoms with Crippen LogP contribution in [-0.2, 0) is 6.54 Å². The molecule has 1 N–H and O–H groups in total. The van der Waals surface area contributed by atoms with E-state index < -0.39 is 5.82 Å². The number of aryl methyl sites for hydroxylation is 1. The first-order valence-corrected chi connectivity index (χ1v) is 6.40. The highest BCUT2D eigenvalue weighted by atomic mass is 35.5. The average molecular weight is 285 g/mol. The van der Waals surface area contributed by atoms with Crippen LogP contribution in [0.3, 0.4) is 0 Å². The van der Waals surface area contributed by atoms with Crippen LogP contribution >= 0.6 is 22.9 Å². The molecule has 0 fully saturated rings. The summed E-state index contributed by atoms with van der Waals surface area (Å²) in [6.45, 7) is 2.28. The van der Waals surface area contributed by atoms with Crippen molar-refractivity contribution in [2.24, 2.45) is 0 Å². The highest BCUT2D eigenvalue weighted by molar-refractivity contribution is 7.11. The van der Waals surface area contributed by atoms with Crippen molar-refractivity contribution >= 4 is 28.8 Å². The van der Waals surface area contributed by atoms with Gasteiger partial charge in [-0.15, -0.1) is 11.3 Å². The van der Waals surface area contributed by atoms with Gasteiger partial charge in [0.05, 0.1) is 22.1 Å². The smallest absolute Gasteiger partial charge is 0.253 e. The Labute approximate surface area is 113 Å². The fourth-order valence-corrected chi connectivity index (χ4v) is 2.41. The van der Waals surface area contributed by atoms with Crippen molar-refractivity contribution in [3.63, 3.8) is 0 Å². The number of hydrogen-bond acceptors (Lipinski definition) is 3. The Balaban J connectivity index is 2.03. The maximum Gasteiger partial charge on any atom is 0.253 e. The molecule has 2 rings (SSSR count). The molecular formula is C12H10ClFN2OS. The number of halogens is 2. The van der Waals surface area contributed by atoms with E-state index in [1.807, 2.05) is 6.92 Å². The number of benzene rings is 1. The van der Waals surface area contributed by atoms with Gasteiger partial charge in [0.1, 0.15) is 5.82 Å². The minimum Gasteiger partial charge on any atom is -0.347 e. The molecule has 0 atom stereocenters. The van der Waals surface area contributed by atoms with Crippen LogP contribution in [-0.4, -0.2) is 10.9 Å². The molecule has 0 aliphatic carbocycles. The van der Waals surface area contributed by atoms with Crippen molar-refractivity contribution in [1.29, 1.82) is 0 Å². The third-order valence-corrected chi connectivity index (χ3v) is 3.49. The molecule has 0 saturated carbocycles. The maximum absolute atomic E-state index is 12.8. The fourth-order valence-electron chi connectivity index (χ4n) is 1.42. The third kappa shape index (κ3) is 3.05. The number of hydrogen-bond donors (Lipinski definition) is 1. The van der Waals surface area contributed by atoms with Gasteiger partial charge in [-0.1, -0.05) is 11.6 Å². The lowest BCUT2D eigenvalue weighted by molar-refractivity contribution is 0.0951. The van der Waals surface area contributed by atoms with Gasteiger partial charge in [0.15, 0.2) is 0 Å². The number of thiazole rings is 1. The van der Waals surface area contributed by atoms with Crippen LogP contribution in [0.25, 0.3) is 0 Å². The Morgan fingerprint density at radius 2 is 2.33 bits per heavy atom. The van der Waals surface area contributed by atoms with Crippen molar-refractivity contribution in [2.75, 3.05) is 0 Å². The van der Waals surface area contributed by atoms with Gasteiger partial charge in [-0.05, 0) is 25.1 Å². The summed E-state index contributed by atoms with van der Waals surface area (Å²) in [5.74, 6) is -0.791. The Morgan fingerprint density at radius 3 is 2.94 bits per heavy atom. The van der Waals surface area contributed by atoms with Gasteiger partial charge in [-0.3, -0.25) is 4.79 Å². The van der Waals surface area contributed by atoms with Gasteiger partial charge in [-0.25, -0.2) is 9.37 Å². The summed E-state index contributed by atoms with van der Waals surface area (Å²) < 4.78 is 12.8. The van der Waals surface area contributed by atoms with Crippen LogP contribution in [0.15, 0.2) is 24.4 Å². The van der Waals surface area contributed by atoms with Crippen LogP contribution in [0, 0.1) is 12.7 Å². The lowest BCUT2D eigenvalue weighted by Crippen LogP contribution is -2.22. The molecule has 0 saturated heterocycles. The van der Waals surface area contributed by atoms with Crippen LogP contribution in [0.1, 0.15) is 20.2 Å². The van der Waals surface area contributed by atoms with Gasteiger partial charge >= 0.3 is 0 Å². The van der Waals surface area contributed by atoms with E-state index in [4.69, 9.17) is 11.6 Å². The van der Waals surface area contributed by atoms with Gasteiger partial charge < -0.3 is 5.32 Å². The first kappa shape index (κ1) is 13.0. The fraction of sp³-hybridized carbons (Fsp3) is 0.167. The predicted octanol–water partition coefficient (Wildman–Crippen LogP) is 3.17. The normalized spacial score (nSPS) is 10.4. The number of nitrogens with one attached hydrogen (secondary N) is 1. The predicted molar refractivity (Wildman–Crippen MR) is 69.4 cm³/mol. The van der Waals surface area contributed by atoms with E-state index in [1.165, 1.54) is 23.5 Å². The average Bonchev–Trinajstić information content (AvgIpc) is 2.72. The van der Waals surface area contributed by atoms with E-state index in [0.717, 1.165) is 16.0 Å². The second-order valence-electron chi connectivity index (χ2n) is 3.65. The van der Waals surface area contributed by atoms with Crippen molar-refractivity contribution in [3.05, 3.63) is 50.7 Å². The number of amides is 1. The molecule has 1 aromatic heterocycles. The second kappa shape index (κ2) is 5.46. The molecule has 1 heterocycles. The molecule has 1 aromatic carbocycles. The lowest BCUT2D eigenvalue weighted by atomic mass is 10.2. The zero-order valence-electron chi connectivity index (χ0n) is 9.54. The number of carbonyl (C=O) groups is 1. The van der Waals surface area contributed by atoms with E-state index in [9.17, 15) is 9.18 Å². The molecule has 0 bridgehead atoms. The van der Waals surface area contributed by atoms with Crippen LogP contribution in [0.2, 0.25) is 5.02 Å². The first-order chi connectivity index (χ1) is 8.56. The first-order valence-electron chi connectivity index (χ1n) is 5.21. The van der Waals surface area contributed by atoms with E-state index in [0.29, 0.717) is 6.54 Å². The Bertz CT molecular complexity index is 585. The molecule has 3 nitrogen and oxygen atoms in total. The monoisotopic (exact) mass is 284 g/mol. The van der Waals surface area contributed by atoms with E-state index in [1.54, 1.807) is 6.20 Å². The highest BCUT2D eigenvalue weighted by Gasteiger charge is 2.11. The van der Waals surface area contributed by atoms with E-state index >= 15 is 0 Å². The molecule has 0 radical (unpaired) electrons. The molecule has 1 amide bonds. The topological polar surface area (TPSA) is 42.0 Å². The number of aromatic nitrogens is 1. The lowest BCUT2D eigenvalue weighted by Gasteiger charge is -2.05. The molecule has 18 heavy (non-hydrogen) atoms. The van der Waals surface area contributed by atoms with E-state index in [-0.39, 0.29) is 16.5 Å². The summed E-state index contributed by atoms with van der Waals surface area (Å²) in [6.07, 6.45) is 1.71. The van der Waals surface area contributed by atoms with Crippen molar-refractivity contribution in [2.45, 2.75) is 13.5 Å². The van der Waals surface area contributed by atoms with Crippen molar-refractivity contribution < 1.29 is 9.18 Å². The summed E-state index contributed by atoms with van der Waals surface area (Å²) in [5, 5.41) is 3.76. The SMILES string of the molecule is Cc1ncc(CNC(=O)c2ccc(F)cc2Cl)s1. The molecular weight excluding hydrogens is 275 g/mol. The van der Waals surface area contributed by atoms with Gasteiger partial charge in [0.25, 0.3) is 5.91 Å². The molecule has 6 heteroatoms. The maximum atomic E-state index is 12.8. The van der Waals surface area contributed by atoms with E-state index in [2.05, 4.69) is 10.3 Å². The standard InChI is InChI=1S/C12H10ClFN2OS/c1-7-15-5-9(18-7)6-16-12(17)10-3-2-8(14)4-11(10)13/h2-5H,6H2,1H3,(H,16,17). The van der Waals surface area contributed by atoms with Crippen LogP contribution < -0.4 is 5.32 Å². The molecule has 0 unspecified atom stereocenters.